The Kier molecular flexibility index (Phi) is 7.39. The van der Waals surface area contributed by atoms with Gasteiger partial charge in [-0.3, -0.25) is 4.99 Å². The Morgan fingerprint density at radius 3 is 2.76 bits per heavy atom. The molecule has 1 aromatic rings. The maximum atomic E-state index is 10.2. The number of hydrogen-bond donors (Lipinski definition) is 3. The van der Waals surface area contributed by atoms with E-state index in [-0.39, 0.29) is 6.54 Å². The number of unbranched alkanes of at least 4 members (excludes halogenated alkanes) is 1. The van der Waals surface area contributed by atoms with Crippen molar-refractivity contribution >= 4 is 5.96 Å². The Morgan fingerprint density at radius 2 is 2.14 bits per heavy atom. The van der Waals surface area contributed by atoms with E-state index in [1.165, 1.54) is 0 Å². The first-order valence-electron chi connectivity index (χ1n) is 7.06. The minimum atomic E-state index is -0.804. The van der Waals surface area contributed by atoms with Gasteiger partial charge in [0.15, 0.2) is 5.96 Å². The zero-order chi connectivity index (χ0) is 15.7. The van der Waals surface area contributed by atoms with Crippen LogP contribution in [-0.2, 0) is 0 Å². The molecular formula is C15H25N3O3. The molecule has 0 bridgehead atoms. The van der Waals surface area contributed by atoms with Gasteiger partial charge in [-0.2, -0.15) is 0 Å². The summed E-state index contributed by atoms with van der Waals surface area (Å²) in [6, 6.07) is 5.27. The zero-order valence-corrected chi connectivity index (χ0v) is 12.9. The molecule has 0 aliphatic carbocycles. The summed E-state index contributed by atoms with van der Waals surface area (Å²) in [5.41, 5.74) is 6.37. The van der Waals surface area contributed by atoms with Crippen molar-refractivity contribution in [2.45, 2.75) is 25.9 Å². The first-order chi connectivity index (χ1) is 10.1. The molecule has 0 saturated carbocycles. The van der Waals surface area contributed by atoms with Crippen molar-refractivity contribution in [1.29, 1.82) is 0 Å². The second-order valence-electron chi connectivity index (χ2n) is 4.63. The number of nitrogens with zero attached hydrogens (tertiary/aromatic N) is 1. The number of methoxy groups -OCH3 is 2. The number of rotatable bonds is 8. The van der Waals surface area contributed by atoms with Gasteiger partial charge in [-0.05, 0) is 24.6 Å². The number of guanidine groups is 1. The van der Waals surface area contributed by atoms with Crippen LogP contribution < -0.4 is 20.5 Å². The van der Waals surface area contributed by atoms with E-state index >= 15 is 0 Å². The van der Waals surface area contributed by atoms with Crippen LogP contribution in [-0.4, -0.2) is 38.4 Å². The Hall–Kier alpha value is -1.95. The van der Waals surface area contributed by atoms with Crippen LogP contribution in [0.25, 0.3) is 0 Å². The largest absolute Gasteiger partial charge is 0.497 e. The van der Waals surface area contributed by atoms with Crippen molar-refractivity contribution in [3.63, 3.8) is 0 Å². The van der Waals surface area contributed by atoms with E-state index in [0.717, 1.165) is 19.4 Å². The lowest BCUT2D eigenvalue weighted by molar-refractivity contribution is 0.182. The first-order valence-corrected chi connectivity index (χ1v) is 7.06. The van der Waals surface area contributed by atoms with Crippen LogP contribution >= 0.6 is 0 Å². The molecule has 0 fully saturated rings. The van der Waals surface area contributed by atoms with Gasteiger partial charge >= 0.3 is 0 Å². The first kappa shape index (κ1) is 17.1. The highest BCUT2D eigenvalue weighted by Gasteiger charge is 2.14. The van der Waals surface area contributed by atoms with E-state index in [0.29, 0.717) is 23.0 Å². The van der Waals surface area contributed by atoms with Gasteiger partial charge in [0.1, 0.15) is 17.6 Å². The fourth-order valence-electron chi connectivity index (χ4n) is 1.83. The van der Waals surface area contributed by atoms with Crippen molar-refractivity contribution in [2.75, 3.05) is 27.3 Å². The quantitative estimate of drug-likeness (QED) is 0.384. The maximum Gasteiger partial charge on any atom is 0.188 e. The zero-order valence-electron chi connectivity index (χ0n) is 12.9. The minimum absolute atomic E-state index is 0.161. The molecule has 1 atom stereocenters. The highest BCUT2D eigenvalue weighted by Crippen LogP contribution is 2.29. The number of nitrogens with two attached hydrogens (primary N) is 1. The molecule has 0 radical (unpaired) electrons. The summed E-state index contributed by atoms with van der Waals surface area (Å²) in [4.78, 5) is 4.14. The standard InChI is InChI=1S/C15H25N3O3/c1-4-5-8-17-15(16)18-10-13(19)12-9-11(20-2)6-7-14(12)21-3/h6-7,9,13,19H,4-5,8,10H2,1-3H3,(H3,16,17,18). The van der Waals surface area contributed by atoms with Crippen molar-refractivity contribution in [3.05, 3.63) is 23.8 Å². The maximum absolute atomic E-state index is 10.2. The highest BCUT2D eigenvalue weighted by atomic mass is 16.5. The van der Waals surface area contributed by atoms with Gasteiger partial charge in [0.05, 0.1) is 20.8 Å². The molecule has 1 unspecified atom stereocenters. The summed E-state index contributed by atoms with van der Waals surface area (Å²) >= 11 is 0. The number of aliphatic hydroxyl groups excluding tert-OH is 1. The lowest BCUT2D eigenvalue weighted by Crippen LogP contribution is -2.32. The van der Waals surface area contributed by atoms with Gasteiger partial charge < -0.3 is 25.6 Å². The molecule has 21 heavy (non-hydrogen) atoms. The number of benzene rings is 1. The van der Waals surface area contributed by atoms with E-state index in [9.17, 15) is 5.11 Å². The molecule has 0 aliphatic heterocycles. The lowest BCUT2D eigenvalue weighted by atomic mass is 10.1. The van der Waals surface area contributed by atoms with Crippen molar-refractivity contribution in [3.8, 4) is 11.5 Å². The van der Waals surface area contributed by atoms with Gasteiger partial charge in [0, 0.05) is 12.1 Å². The molecular weight excluding hydrogens is 270 g/mol. The minimum Gasteiger partial charge on any atom is -0.497 e. The average Bonchev–Trinajstić information content (AvgIpc) is 2.52. The molecule has 1 rings (SSSR count). The number of ether oxygens (including phenoxy) is 2. The smallest absolute Gasteiger partial charge is 0.188 e. The lowest BCUT2D eigenvalue weighted by Gasteiger charge is -2.15. The number of hydrogen-bond acceptors (Lipinski definition) is 4. The topological polar surface area (TPSA) is 89.1 Å². The number of aliphatic hydroxyl groups is 1. The van der Waals surface area contributed by atoms with Gasteiger partial charge in [-0.1, -0.05) is 13.3 Å². The molecule has 6 nitrogen and oxygen atoms in total. The number of aliphatic imine (C=N–C) groups is 1. The van der Waals surface area contributed by atoms with Crippen LogP contribution in [0.2, 0.25) is 0 Å². The molecule has 0 spiro atoms. The van der Waals surface area contributed by atoms with Crippen LogP contribution in [0.15, 0.2) is 23.2 Å². The third kappa shape index (κ3) is 5.51. The Morgan fingerprint density at radius 1 is 1.38 bits per heavy atom. The Labute approximate surface area is 126 Å². The fraction of sp³-hybridized carbons (Fsp3) is 0.533. The van der Waals surface area contributed by atoms with E-state index in [4.69, 9.17) is 15.2 Å². The summed E-state index contributed by atoms with van der Waals surface area (Å²) in [5, 5.41) is 13.2. The van der Waals surface area contributed by atoms with Crippen LogP contribution in [0.5, 0.6) is 11.5 Å². The second kappa shape index (κ2) is 9.07. The monoisotopic (exact) mass is 295 g/mol. The summed E-state index contributed by atoms with van der Waals surface area (Å²) in [7, 11) is 3.13. The molecule has 0 aromatic heterocycles. The van der Waals surface area contributed by atoms with Crippen LogP contribution in [0, 0.1) is 0 Å². The van der Waals surface area contributed by atoms with E-state index in [1.54, 1.807) is 32.4 Å². The molecule has 0 heterocycles. The molecule has 0 saturated heterocycles. The summed E-state index contributed by atoms with van der Waals surface area (Å²) in [6.07, 6.45) is 1.31. The molecule has 4 N–H and O–H groups in total. The summed E-state index contributed by atoms with van der Waals surface area (Å²) in [5.74, 6) is 1.59. The average molecular weight is 295 g/mol. The van der Waals surface area contributed by atoms with E-state index in [1.807, 2.05) is 0 Å². The molecule has 0 aliphatic rings. The van der Waals surface area contributed by atoms with Crippen LogP contribution in [0.1, 0.15) is 31.4 Å². The van der Waals surface area contributed by atoms with Crippen molar-refractivity contribution in [2.24, 2.45) is 10.7 Å². The second-order valence-corrected chi connectivity index (χ2v) is 4.63. The van der Waals surface area contributed by atoms with Gasteiger partial charge in [0.2, 0.25) is 0 Å². The predicted molar refractivity (Wildman–Crippen MR) is 83.9 cm³/mol. The summed E-state index contributed by atoms with van der Waals surface area (Å²) in [6.45, 7) is 3.05. The van der Waals surface area contributed by atoms with E-state index in [2.05, 4.69) is 17.2 Å². The molecule has 0 amide bonds. The third-order valence-corrected chi connectivity index (χ3v) is 3.07. The molecule has 1 aromatic carbocycles. The fourth-order valence-corrected chi connectivity index (χ4v) is 1.83. The van der Waals surface area contributed by atoms with Gasteiger partial charge in [-0.25, -0.2) is 0 Å². The van der Waals surface area contributed by atoms with Crippen molar-refractivity contribution in [1.82, 2.24) is 5.32 Å². The number of nitrogens with one attached hydrogen (secondary N) is 1. The normalized spacial score (nSPS) is 12.9. The Bertz CT molecular complexity index is 463. The molecule has 118 valence electrons. The van der Waals surface area contributed by atoms with Crippen molar-refractivity contribution < 1.29 is 14.6 Å². The molecule has 6 heteroatoms. The third-order valence-electron chi connectivity index (χ3n) is 3.07. The van der Waals surface area contributed by atoms with Crippen LogP contribution in [0.3, 0.4) is 0 Å². The van der Waals surface area contributed by atoms with E-state index < -0.39 is 6.10 Å². The Balaban J connectivity index is 2.70. The van der Waals surface area contributed by atoms with Gasteiger partial charge in [-0.15, -0.1) is 0 Å². The summed E-state index contributed by atoms with van der Waals surface area (Å²) < 4.78 is 10.4. The predicted octanol–water partition coefficient (Wildman–Crippen LogP) is 1.44. The SMILES string of the molecule is CCCCNC(N)=NCC(O)c1cc(OC)ccc1OC. The van der Waals surface area contributed by atoms with Crippen LogP contribution in [0.4, 0.5) is 0 Å². The highest BCUT2D eigenvalue weighted by molar-refractivity contribution is 5.77. The van der Waals surface area contributed by atoms with Gasteiger partial charge in [0.25, 0.3) is 0 Å².